The molecule has 25 heavy (non-hydrogen) atoms. The van der Waals surface area contributed by atoms with Crippen LogP contribution in [0.15, 0.2) is 36.4 Å². The van der Waals surface area contributed by atoms with Crippen LogP contribution in [0.4, 0.5) is 5.00 Å². The van der Waals surface area contributed by atoms with Crippen LogP contribution in [0.5, 0.6) is 11.5 Å². The highest BCUT2D eigenvalue weighted by atomic mass is 32.1. The monoisotopic (exact) mass is 358 g/mol. The highest BCUT2D eigenvalue weighted by Gasteiger charge is 2.30. The zero-order valence-corrected chi connectivity index (χ0v) is 14.3. The van der Waals surface area contributed by atoms with Crippen molar-refractivity contribution in [1.29, 1.82) is 0 Å². The Morgan fingerprint density at radius 1 is 1.12 bits per heavy atom. The summed E-state index contributed by atoms with van der Waals surface area (Å²) in [6.07, 6.45) is 1.68. The molecule has 6 nitrogen and oxygen atoms in total. The van der Waals surface area contributed by atoms with Gasteiger partial charge < -0.3 is 20.1 Å². The Morgan fingerprint density at radius 2 is 1.92 bits per heavy atom. The second kappa shape index (κ2) is 6.76. The smallest absolute Gasteiger partial charge is 0.261 e. The first-order valence-electron chi connectivity index (χ1n) is 8.26. The number of nitrogens with one attached hydrogen (secondary N) is 2. The maximum absolute atomic E-state index is 12.3. The van der Waals surface area contributed by atoms with E-state index in [1.807, 2.05) is 24.3 Å². The number of rotatable bonds is 5. The molecule has 0 bridgehead atoms. The van der Waals surface area contributed by atoms with Gasteiger partial charge in [-0.2, -0.15) is 0 Å². The zero-order valence-electron chi connectivity index (χ0n) is 13.5. The van der Waals surface area contributed by atoms with E-state index in [0.717, 1.165) is 18.6 Å². The first kappa shape index (κ1) is 16.0. The Morgan fingerprint density at radius 3 is 2.72 bits per heavy atom. The molecule has 0 spiro atoms. The summed E-state index contributed by atoms with van der Waals surface area (Å²) in [4.78, 5) is 24.6. The van der Waals surface area contributed by atoms with Gasteiger partial charge in [-0.3, -0.25) is 9.59 Å². The van der Waals surface area contributed by atoms with Crippen LogP contribution in [0.25, 0.3) is 0 Å². The van der Waals surface area contributed by atoms with Crippen LogP contribution in [-0.4, -0.2) is 31.1 Å². The number of fused-ring (bicyclic) bond motifs is 1. The molecule has 7 heteroatoms. The number of amides is 2. The molecule has 2 heterocycles. The van der Waals surface area contributed by atoms with E-state index in [-0.39, 0.29) is 23.8 Å². The average Bonchev–Trinajstić information content (AvgIpc) is 3.39. The molecule has 1 aliphatic heterocycles. The quantitative estimate of drug-likeness (QED) is 0.862. The predicted molar refractivity (Wildman–Crippen MR) is 94.4 cm³/mol. The molecule has 0 radical (unpaired) electrons. The molecule has 130 valence electrons. The van der Waals surface area contributed by atoms with Crippen molar-refractivity contribution in [3.63, 3.8) is 0 Å². The lowest BCUT2D eigenvalue weighted by Gasteiger charge is -2.26. The van der Waals surface area contributed by atoms with Crippen LogP contribution in [0.2, 0.25) is 0 Å². The molecule has 0 saturated heterocycles. The van der Waals surface area contributed by atoms with Gasteiger partial charge in [0.05, 0.1) is 16.4 Å². The maximum atomic E-state index is 12.3. The van der Waals surface area contributed by atoms with Gasteiger partial charge >= 0.3 is 0 Å². The molecule has 1 aliphatic carbocycles. The van der Waals surface area contributed by atoms with Crippen molar-refractivity contribution in [2.24, 2.45) is 5.92 Å². The average molecular weight is 358 g/mol. The van der Waals surface area contributed by atoms with Crippen LogP contribution in [0.1, 0.15) is 22.5 Å². The summed E-state index contributed by atoms with van der Waals surface area (Å²) in [5.41, 5.74) is 0. The number of ether oxygens (including phenoxy) is 2. The van der Waals surface area contributed by atoms with Gasteiger partial charge in [0.2, 0.25) is 5.91 Å². The van der Waals surface area contributed by atoms with E-state index in [1.54, 1.807) is 12.1 Å². The van der Waals surface area contributed by atoms with Crippen molar-refractivity contribution < 1.29 is 19.1 Å². The van der Waals surface area contributed by atoms with E-state index in [0.29, 0.717) is 28.8 Å². The number of hydrogen-bond donors (Lipinski definition) is 2. The summed E-state index contributed by atoms with van der Waals surface area (Å²) in [5.74, 6) is 1.42. The van der Waals surface area contributed by atoms with E-state index < -0.39 is 0 Å². The van der Waals surface area contributed by atoms with Crippen molar-refractivity contribution in [1.82, 2.24) is 5.32 Å². The van der Waals surface area contributed by atoms with E-state index >= 15 is 0 Å². The highest BCUT2D eigenvalue weighted by molar-refractivity contribution is 7.18. The molecular formula is C18H18N2O4S. The second-order valence-electron chi connectivity index (χ2n) is 6.14. The van der Waals surface area contributed by atoms with Gasteiger partial charge in [0.15, 0.2) is 11.5 Å². The molecule has 2 N–H and O–H groups in total. The lowest BCUT2D eigenvalue weighted by molar-refractivity contribution is -0.117. The molecule has 4 rings (SSSR count). The number of thiophene rings is 1. The minimum atomic E-state index is -0.229. The largest absolute Gasteiger partial charge is 0.486 e. The number of benzene rings is 1. The molecule has 2 amide bonds. The Balaban J connectivity index is 1.29. The van der Waals surface area contributed by atoms with Gasteiger partial charge in [-0.25, -0.2) is 0 Å². The third-order valence-corrected chi connectivity index (χ3v) is 5.08. The summed E-state index contributed by atoms with van der Waals surface area (Å²) >= 11 is 1.27. The fourth-order valence-corrected chi connectivity index (χ4v) is 3.38. The molecule has 2 aliphatic rings. The summed E-state index contributed by atoms with van der Waals surface area (Å²) in [6.45, 7) is 0.749. The van der Waals surface area contributed by atoms with Crippen molar-refractivity contribution in [3.8, 4) is 11.5 Å². The van der Waals surface area contributed by atoms with E-state index in [2.05, 4.69) is 10.6 Å². The maximum Gasteiger partial charge on any atom is 0.261 e. The van der Waals surface area contributed by atoms with Crippen molar-refractivity contribution in [2.75, 3.05) is 18.5 Å². The van der Waals surface area contributed by atoms with E-state index in [9.17, 15) is 9.59 Å². The minimum absolute atomic E-state index is 0.0419. The van der Waals surface area contributed by atoms with Crippen LogP contribution in [-0.2, 0) is 4.79 Å². The standard InChI is InChI=1S/C18H18N2O4S/c21-17(11-5-6-11)20-16-8-7-15(25-16)18(22)19-9-12-10-23-13-3-1-2-4-14(13)24-12/h1-4,7-8,11-12H,5-6,9-10H2,(H,19,22)(H,20,21)/t12-/m1/s1. The van der Waals surface area contributed by atoms with Gasteiger partial charge in [-0.1, -0.05) is 12.1 Å². The van der Waals surface area contributed by atoms with Gasteiger partial charge in [0, 0.05) is 5.92 Å². The van der Waals surface area contributed by atoms with E-state index in [4.69, 9.17) is 9.47 Å². The first-order chi connectivity index (χ1) is 12.2. The van der Waals surface area contributed by atoms with Gasteiger partial charge in [-0.05, 0) is 37.1 Å². The van der Waals surface area contributed by atoms with Gasteiger partial charge in [0.1, 0.15) is 12.7 Å². The van der Waals surface area contributed by atoms with E-state index in [1.165, 1.54) is 11.3 Å². The second-order valence-corrected chi connectivity index (χ2v) is 7.22. The molecule has 0 unspecified atom stereocenters. The molecule has 1 saturated carbocycles. The molecule has 1 fully saturated rings. The fourth-order valence-electron chi connectivity index (χ4n) is 2.55. The van der Waals surface area contributed by atoms with Crippen LogP contribution in [0.3, 0.4) is 0 Å². The van der Waals surface area contributed by atoms with Crippen molar-refractivity contribution in [3.05, 3.63) is 41.3 Å². The topological polar surface area (TPSA) is 76.7 Å². The molecule has 1 aromatic carbocycles. The Hall–Kier alpha value is -2.54. The van der Waals surface area contributed by atoms with Crippen LogP contribution < -0.4 is 20.1 Å². The summed E-state index contributed by atoms with van der Waals surface area (Å²) in [6, 6.07) is 10.9. The van der Waals surface area contributed by atoms with Crippen LogP contribution in [0, 0.1) is 5.92 Å². The van der Waals surface area contributed by atoms with Crippen molar-refractivity contribution >= 4 is 28.2 Å². The molecule has 1 atom stereocenters. The SMILES string of the molecule is O=C(NC[C@@H]1COc2ccccc2O1)c1ccc(NC(=O)C2CC2)s1. The first-order valence-corrected chi connectivity index (χ1v) is 9.08. The fraction of sp³-hybridized carbons (Fsp3) is 0.333. The molecular weight excluding hydrogens is 340 g/mol. The summed E-state index contributed by atoms with van der Waals surface area (Å²) < 4.78 is 11.4. The number of anilines is 1. The van der Waals surface area contributed by atoms with Gasteiger partial charge in [-0.15, -0.1) is 11.3 Å². The lowest BCUT2D eigenvalue weighted by atomic mass is 10.2. The normalized spacial score (nSPS) is 18.5. The lowest BCUT2D eigenvalue weighted by Crippen LogP contribution is -2.40. The minimum Gasteiger partial charge on any atom is -0.486 e. The van der Waals surface area contributed by atoms with Crippen LogP contribution >= 0.6 is 11.3 Å². The zero-order chi connectivity index (χ0) is 17.2. The molecule has 1 aromatic heterocycles. The Bertz CT molecular complexity index is 800. The predicted octanol–water partition coefficient (Wildman–Crippen LogP) is 2.67. The Kier molecular flexibility index (Phi) is 4.31. The number of carbonyl (C=O) groups excluding carboxylic acids is 2. The third kappa shape index (κ3) is 3.76. The Labute approximate surface area is 149 Å². The third-order valence-electron chi connectivity index (χ3n) is 4.08. The van der Waals surface area contributed by atoms with Gasteiger partial charge in [0.25, 0.3) is 5.91 Å². The summed E-state index contributed by atoms with van der Waals surface area (Å²) in [5, 5.41) is 6.41. The molecule has 2 aromatic rings. The number of carbonyl (C=O) groups is 2. The number of para-hydroxylation sites is 2. The van der Waals surface area contributed by atoms with Crippen molar-refractivity contribution in [2.45, 2.75) is 18.9 Å². The highest BCUT2D eigenvalue weighted by Crippen LogP contribution is 2.32. The number of hydrogen-bond acceptors (Lipinski definition) is 5. The summed E-state index contributed by atoms with van der Waals surface area (Å²) in [7, 11) is 0.